The average molecular weight is 775 g/mol. The van der Waals surface area contributed by atoms with E-state index in [9.17, 15) is 0 Å². The first-order valence-corrected chi connectivity index (χ1v) is 21.0. The van der Waals surface area contributed by atoms with E-state index in [1.165, 1.54) is 88.0 Å². The van der Waals surface area contributed by atoms with E-state index in [0.29, 0.717) is 0 Å². The summed E-state index contributed by atoms with van der Waals surface area (Å²) in [6.07, 6.45) is 0. The Morgan fingerprint density at radius 1 is 0.197 bits per heavy atom. The molecule has 0 unspecified atom stereocenters. The molecular formula is C60H38O. The highest BCUT2D eigenvalue weighted by atomic mass is 16.3. The van der Waals surface area contributed by atoms with Gasteiger partial charge in [-0.25, -0.2) is 0 Å². The summed E-state index contributed by atoms with van der Waals surface area (Å²) in [6, 6.07) is 83.7. The van der Waals surface area contributed by atoms with Crippen molar-refractivity contribution in [3.05, 3.63) is 231 Å². The van der Waals surface area contributed by atoms with Crippen molar-refractivity contribution >= 4 is 54.3 Å². The van der Waals surface area contributed by atoms with Crippen LogP contribution >= 0.6 is 0 Å². The molecule has 0 radical (unpaired) electrons. The van der Waals surface area contributed by atoms with Crippen LogP contribution in [0.1, 0.15) is 0 Å². The lowest BCUT2D eigenvalue weighted by molar-refractivity contribution is 0.670. The molecule has 1 heterocycles. The smallest absolute Gasteiger partial charge is 0.143 e. The van der Waals surface area contributed by atoms with Gasteiger partial charge in [-0.3, -0.25) is 0 Å². The van der Waals surface area contributed by atoms with Gasteiger partial charge in [0.25, 0.3) is 0 Å². The first-order chi connectivity index (χ1) is 30.2. The zero-order chi connectivity index (χ0) is 40.3. The third-order valence-corrected chi connectivity index (χ3v) is 12.4. The Morgan fingerprint density at radius 2 is 0.525 bits per heavy atom. The summed E-state index contributed by atoms with van der Waals surface area (Å²) in [6.45, 7) is 0. The van der Waals surface area contributed by atoms with Crippen LogP contribution in [0.25, 0.3) is 121 Å². The van der Waals surface area contributed by atoms with E-state index in [-0.39, 0.29) is 0 Å². The maximum Gasteiger partial charge on any atom is 0.143 e. The Bertz CT molecular complexity index is 3620. The fourth-order valence-corrected chi connectivity index (χ4v) is 9.44. The lowest BCUT2D eigenvalue weighted by Crippen LogP contribution is -1.87. The predicted molar refractivity (Wildman–Crippen MR) is 259 cm³/mol. The van der Waals surface area contributed by atoms with Gasteiger partial charge >= 0.3 is 0 Å². The van der Waals surface area contributed by atoms with Crippen LogP contribution in [0.2, 0.25) is 0 Å². The van der Waals surface area contributed by atoms with Crippen molar-refractivity contribution in [1.82, 2.24) is 0 Å². The van der Waals surface area contributed by atoms with Crippen molar-refractivity contribution in [2.24, 2.45) is 0 Å². The van der Waals surface area contributed by atoms with Crippen molar-refractivity contribution in [3.63, 3.8) is 0 Å². The van der Waals surface area contributed by atoms with Crippen molar-refractivity contribution in [1.29, 1.82) is 0 Å². The summed E-state index contributed by atoms with van der Waals surface area (Å²) in [5, 5.41) is 10.0. The molecule has 0 fully saturated rings. The molecule has 0 aliphatic heterocycles. The molecule has 0 saturated carbocycles. The second-order valence-corrected chi connectivity index (χ2v) is 16.0. The second-order valence-electron chi connectivity index (χ2n) is 16.0. The largest absolute Gasteiger partial charge is 0.455 e. The molecule has 12 rings (SSSR count). The lowest BCUT2D eigenvalue weighted by atomic mass is 9.91. The molecule has 0 spiro atoms. The molecule has 0 amide bonds. The summed E-state index contributed by atoms with van der Waals surface area (Å²) < 4.78 is 6.40. The van der Waals surface area contributed by atoms with E-state index in [1.54, 1.807) is 0 Å². The number of fused-ring (bicyclic) bond motifs is 9. The van der Waals surface area contributed by atoms with Crippen LogP contribution in [0.4, 0.5) is 0 Å². The quantitative estimate of drug-likeness (QED) is 0.153. The fraction of sp³-hybridized carbons (Fsp3) is 0. The highest BCUT2D eigenvalue weighted by Gasteiger charge is 2.14. The molecule has 0 bridgehead atoms. The molecule has 0 N–H and O–H groups in total. The zero-order valence-corrected chi connectivity index (χ0v) is 33.3. The Morgan fingerprint density at radius 3 is 1.00 bits per heavy atom. The zero-order valence-electron chi connectivity index (χ0n) is 33.3. The Balaban J connectivity index is 0.855. The summed E-state index contributed by atoms with van der Waals surface area (Å²) in [5.74, 6) is 0. The van der Waals surface area contributed by atoms with Crippen LogP contribution in [0.3, 0.4) is 0 Å². The Labute approximate surface area is 354 Å². The first kappa shape index (κ1) is 35.0. The lowest BCUT2D eigenvalue weighted by Gasteiger charge is -2.13. The van der Waals surface area contributed by atoms with E-state index >= 15 is 0 Å². The number of benzene rings is 11. The van der Waals surface area contributed by atoms with E-state index in [0.717, 1.165) is 33.1 Å². The minimum Gasteiger partial charge on any atom is -0.455 e. The van der Waals surface area contributed by atoms with E-state index in [1.807, 2.05) is 12.1 Å². The highest BCUT2D eigenvalue weighted by molar-refractivity contribution is 6.25. The molecule has 0 aliphatic rings. The summed E-state index contributed by atoms with van der Waals surface area (Å²) in [7, 11) is 0. The van der Waals surface area contributed by atoms with Crippen molar-refractivity contribution in [3.8, 4) is 66.8 Å². The summed E-state index contributed by atoms with van der Waals surface area (Å²) in [4.78, 5) is 0. The number of hydrogen-bond acceptors (Lipinski definition) is 1. The van der Waals surface area contributed by atoms with Crippen LogP contribution in [0, 0.1) is 0 Å². The van der Waals surface area contributed by atoms with Gasteiger partial charge in [0.2, 0.25) is 0 Å². The van der Waals surface area contributed by atoms with E-state index in [2.05, 4.69) is 218 Å². The van der Waals surface area contributed by atoms with Crippen LogP contribution in [-0.4, -0.2) is 0 Å². The summed E-state index contributed by atoms with van der Waals surface area (Å²) in [5.41, 5.74) is 16.0. The standard InChI is InChI=1S/C60H38O/c1-2-25-53-51(23-1)52-24-3-4-26-54(52)58-38-48(31-32-55(53)58)46-20-10-18-44(36-46)42-16-8-14-40(34-42)39-13-7-15-41(33-39)43-17-9-19-45(35-43)47-21-11-22-49(37-47)50-28-12-29-57-56-27-5-6-30-59(56)61-60(50)57/h1-38H. The molecule has 1 nitrogen and oxygen atoms in total. The maximum atomic E-state index is 6.40. The SMILES string of the molecule is c1cc(-c2cccc(-c3cccc(-c4ccc5c6ccccc6c6ccccc6c5c4)c3)c2)cc(-c2cccc(-c3cccc(-c4cccc5c4oc4ccccc45)c3)c2)c1. The van der Waals surface area contributed by atoms with E-state index < -0.39 is 0 Å². The maximum absolute atomic E-state index is 6.40. The number of rotatable bonds is 6. The van der Waals surface area contributed by atoms with Crippen molar-refractivity contribution < 1.29 is 4.42 Å². The predicted octanol–water partition coefficient (Wildman–Crippen LogP) is 17.0. The van der Waals surface area contributed by atoms with E-state index in [4.69, 9.17) is 4.42 Å². The third kappa shape index (κ3) is 6.10. The van der Waals surface area contributed by atoms with Crippen LogP contribution < -0.4 is 0 Å². The monoisotopic (exact) mass is 774 g/mol. The topological polar surface area (TPSA) is 13.1 Å². The molecule has 1 heteroatoms. The average Bonchev–Trinajstić information content (AvgIpc) is 3.73. The van der Waals surface area contributed by atoms with Gasteiger partial charge in [-0.05, 0) is 136 Å². The Kier molecular flexibility index (Phi) is 8.25. The molecule has 1 aromatic heterocycles. The van der Waals surface area contributed by atoms with Gasteiger partial charge < -0.3 is 4.42 Å². The minimum absolute atomic E-state index is 0.914. The van der Waals surface area contributed by atoms with Gasteiger partial charge in [0.05, 0.1) is 0 Å². The fourth-order valence-electron chi connectivity index (χ4n) is 9.44. The molecule has 284 valence electrons. The van der Waals surface area contributed by atoms with Crippen molar-refractivity contribution in [2.75, 3.05) is 0 Å². The third-order valence-electron chi connectivity index (χ3n) is 12.4. The molecule has 11 aromatic carbocycles. The molecule has 0 saturated heterocycles. The molecule has 12 aromatic rings. The van der Waals surface area contributed by atoms with Gasteiger partial charge in [-0.1, -0.05) is 188 Å². The van der Waals surface area contributed by atoms with Crippen molar-refractivity contribution in [2.45, 2.75) is 0 Å². The number of furan rings is 1. The van der Waals surface area contributed by atoms with Crippen LogP contribution in [-0.2, 0) is 0 Å². The molecule has 61 heavy (non-hydrogen) atoms. The second kappa shape index (κ2) is 14.4. The Hall–Kier alpha value is -8.00. The normalized spacial score (nSPS) is 11.6. The molecular weight excluding hydrogens is 737 g/mol. The van der Waals surface area contributed by atoms with Gasteiger partial charge in [0, 0.05) is 16.3 Å². The first-order valence-electron chi connectivity index (χ1n) is 21.0. The molecule has 0 atom stereocenters. The molecule has 0 aliphatic carbocycles. The highest BCUT2D eigenvalue weighted by Crippen LogP contribution is 2.40. The van der Waals surface area contributed by atoms with Crippen LogP contribution in [0.15, 0.2) is 235 Å². The van der Waals surface area contributed by atoms with Gasteiger partial charge in [0.1, 0.15) is 11.2 Å². The van der Waals surface area contributed by atoms with Gasteiger partial charge in [-0.2, -0.15) is 0 Å². The van der Waals surface area contributed by atoms with Crippen LogP contribution in [0.5, 0.6) is 0 Å². The number of para-hydroxylation sites is 2. The van der Waals surface area contributed by atoms with Gasteiger partial charge in [-0.15, -0.1) is 0 Å². The van der Waals surface area contributed by atoms with Gasteiger partial charge in [0.15, 0.2) is 0 Å². The summed E-state index contributed by atoms with van der Waals surface area (Å²) >= 11 is 0. The minimum atomic E-state index is 0.914. The number of hydrogen-bond donors (Lipinski definition) is 0.